The molecule has 110 valence electrons. The second-order valence-corrected chi connectivity index (χ2v) is 5.78. The van der Waals surface area contributed by atoms with Crippen LogP contribution in [0.15, 0.2) is 47.5 Å². The minimum atomic E-state index is -3.81. The Balaban J connectivity index is 2.15. The van der Waals surface area contributed by atoms with Gasteiger partial charge in [0, 0.05) is 12.7 Å². The van der Waals surface area contributed by atoms with E-state index in [-0.39, 0.29) is 10.6 Å². The molecule has 0 aliphatic rings. The van der Waals surface area contributed by atoms with E-state index in [0.29, 0.717) is 17.8 Å². The summed E-state index contributed by atoms with van der Waals surface area (Å²) in [5.41, 5.74) is 1.04. The van der Waals surface area contributed by atoms with E-state index >= 15 is 0 Å². The predicted octanol–water partition coefficient (Wildman–Crippen LogP) is 1.04. The van der Waals surface area contributed by atoms with Gasteiger partial charge in [-0.25, -0.2) is 23.3 Å². The molecule has 0 radical (unpaired) electrons. The summed E-state index contributed by atoms with van der Waals surface area (Å²) in [6.07, 6.45) is 1.41. The number of primary sulfonamides is 1. The highest BCUT2D eigenvalue weighted by molar-refractivity contribution is 7.89. The maximum Gasteiger partial charge on any atom is 0.354 e. The van der Waals surface area contributed by atoms with Crippen molar-refractivity contribution in [3.05, 3.63) is 53.9 Å². The van der Waals surface area contributed by atoms with Gasteiger partial charge in [0.25, 0.3) is 0 Å². The fourth-order valence-corrected chi connectivity index (χ4v) is 2.43. The Kier molecular flexibility index (Phi) is 4.20. The molecule has 1 aromatic heterocycles. The number of carboxylic acid groups (broad SMARTS) is 1. The van der Waals surface area contributed by atoms with Crippen LogP contribution in [0.4, 0.5) is 5.69 Å². The van der Waals surface area contributed by atoms with E-state index in [2.05, 4.69) is 10.3 Å². The maximum absolute atomic E-state index is 11.4. The summed E-state index contributed by atoms with van der Waals surface area (Å²) < 4.78 is 22.9. The van der Waals surface area contributed by atoms with E-state index in [0.717, 1.165) is 0 Å². The van der Waals surface area contributed by atoms with Crippen molar-refractivity contribution < 1.29 is 18.3 Å². The molecule has 0 amide bonds. The number of benzene rings is 1. The number of nitrogens with two attached hydrogens (primary N) is 1. The van der Waals surface area contributed by atoms with Crippen molar-refractivity contribution in [3.8, 4) is 0 Å². The number of para-hydroxylation sites is 1. The molecule has 8 heteroatoms. The molecule has 1 heterocycles. The van der Waals surface area contributed by atoms with Crippen molar-refractivity contribution in [1.29, 1.82) is 0 Å². The van der Waals surface area contributed by atoms with Crippen molar-refractivity contribution in [2.45, 2.75) is 11.4 Å². The normalized spacial score (nSPS) is 11.1. The van der Waals surface area contributed by atoms with Crippen LogP contribution in [0.5, 0.6) is 0 Å². The minimum absolute atomic E-state index is 0.000107. The SMILES string of the molecule is NS(=O)(=O)c1ccccc1NCc1ccc(C(=O)O)nc1. The Morgan fingerprint density at radius 3 is 2.52 bits per heavy atom. The number of pyridine rings is 1. The van der Waals surface area contributed by atoms with Gasteiger partial charge in [-0.3, -0.25) is 0 Å². The lowest BCUT2D eigenvalue weighted by atomic mass is 10.2. The molecule has 0 unspecified atom stereocenters. The third-order valence-corrected chi connectivity index (χ3v) is 3.69. The van der Waals surface area contributed by atoms with Gasteiger partial charge in [0.1, 0.15) is 10.6 Å². The van der Waals surface area contributed by atoms with Gasteiger partial charge < -0.3 is 10.4 Å². The van der Waals surface area contributed by atoms with Gasteiger partial charge in [-0.2, -0.15) is 0 Å². The summed E-state index contributed by atoms with van der Waals surface area (Å²) in [6.45, 7) is 0.291. The fraction of sp³-hybridized carbons (Fsp3) is 0.0769. The number of rotatable bonds is 5. The molecule has 7 nitrogen and oxygen atoms in total. The van der Waals surface area contributed by atoms with Crippen molar-refractivity contribution in [2.24, 2.45) is 5.14 Å². The number of anilines is 1. The lowest BCUT2D eigenvalue weighted by Crippen LogP contribution is -2.15. The zero-order valence-electron chi connectivity index (χ0n) is 10.9. The van der Waals surface area contributed by atoms with E-state index in [1.54, 1.807) is 24.3 Å². The standard InChI is InChI=1S/C13H13N3O4S/c14-21(19,20)12-4-2-1-3-10(12)15-7-9-5-6-11(13(17)18)16-8-9/h1-6,8,15H,7H2,(H,17,18)(H2,14,19,20). The number of nitrogens with zero attached hydrogens (tertiary/aromatic N) is 1. The van der Waals surface area contributed by atoms with E-state index < -0.39 is 16.0 Å². The molecule has 2 aromatic rings. The first-order chi connectivity index (χ1) is 9.88. The summed E-state index contributed by atoms with van der Waals surface area (Å²) in [7, 11) is -3.81. The number of sulfonamides is 1. The van der Waals surface area contributed by atoms with Gasteiger partial charge in [0.05, 0.1) is 5.69 Å². The number of nitrogens with one attached hydrogen (secondary N) is 1. The largest absolute Gasteiger partial charge is 0.477 e. The van der Waals surface area contributed by atoms with E-state index in [9.17, 15) is 13.2 Å². The van der Waals surface area contributed by atoms with Crippen LogP contribution < -0.4 is 10.5 Å². The number of aromatic nitrogens is 1. The first-order valence-corrected chi connectivity index (χ1v) is 7.46. The number of hydrogen-bond donors (Lipinski definition) is 3. The summed E-state index contributed by atoms with van der Waals surface area (Å²) in [5, 5.41) is 16.8. The molecular formula is C13H13N3O4S. The summed E-state index contributed by atoms with van der Waals surface area (Å²) in [6, 6.07) is 9.24. The van der Waals surface area contributed by atoms with Crippen LogP contribution in [0, 0.1) is 0 Å². The topological polar surface area (TPSA) is 122 Å². The Morgan fingerprint density at radius 2 is 1.95 bits per heavy atom. The number of aromatic carboxylic acids is 1. The Bertz CT molecular complexity index is 757. The van der Waals surface area contributed by atoms with Crippen LogP contribution in [-0.2, 0) is 16.6 Å². The molecule has 21 heavy (non-hydrogen) atoms. The Labute approximate surface area is 121 Å². The molecule has 2 rings (SSSR count). The Morgan fingerprint density at radius 1 is 1.24 bits per heavy atom. The average molecular weight is 307 g/mol. The average Bonchev–Trinajstić information content (AvgIpc) is 2.45. The third-order valence-electron chi connectivity index (χ3n) is 2.72. The molecule has 0 saturated carbocycles. The van der Waals surface area contributed by atoms with Gasteiger partial charge in [-0.15, -0.1) is 0 Å². The first-order valence-electron chi connectivity index (χ1n) is 5.92. The van der Waals surface area contributed by atoms with Gasteiger partial charge >= 0.3 is 5.97 Å². The summed E-state index contributed by atoms with van der Waals surface area (Å²) >= 11 is 0. The second kappa shape index (κ2) is 5.90. The molecule has 4 N–H and O–H groups in total. The predicted molar refractivity (Wildman–Crippen MR) is 76.3 cm³/mol. The van der Waals surface area contributed by atoms with Gasteiger partial charge in [-0.1, -0.05) is 18.2 Å². The van der Waals surface area contributed by atoms with E-state index in [1.807, 2.05) is 0 Å². The van der Waals surface area contributed by atoms with Crippen molar-refractivity contribution in [3.63, 3.8) is 0 Å². The molecular weight excluding hydrogens is 294 g/mol. The molecule has 0 fully saturated rings. The van der Waals surface area contributed by atoms with E-state index in [1.165, 1.54) is 18.3 Å². The molecule has 0 atom stereocenters. The molecule has 1 aromatic carbocycles. The van der Waals surface area contributed by atoms with Crippen LogP contribution in [0.25, 0.3) is 0 Å². The van der Waals surface area contributed by atoms with Crippen molar-refractivity contribution in [1.82, 2.24) is 4.98 Å². The highest BCUT2D eigenvalue weighted by Gasteiger charge is 2.12. The quantitative estimate of drug-likeness (QED) is 0.758. The third kappa shape index (κ3) is 3.77. The molecule has 0 aliphatic heterocycles. The zero-order valence-corrected chi connectivity index (χ0v) is 11.7. The van der Waals surface area contributed by atoms with Crippen LogP contribution in [-0.4, -0.2) is 24.5 Å². The smallest absolute Gasteiger partial charge is 0.354 e. The van der Waals surface area contributed by atoms with Crippen LogP contribution in [0.2, 0.25) is 0 Å². The molecule has 0 bridgehead atoms. The van der Waals surface area contributed by atoms with Crippen molar-refractivity contribution in [2.75, 3.05) is 5.32 Å². The fourth-order valence-electron chi connectivity index (χ4n) is 1.71. The van der Waals surface area contributed by atoms with Gasteiger partial charge in [0.2, 0.25) is 10.0 Å². The highest BCUT2D eigenvalue weighted by Crippen LogP contribution is 2.19. The number of hydrogen-bond acceptors (Lipinski definition) is 5. The Hall–Kier alpha value is -2.45. The van der Waals surface area contributed by atoms with E-state index in [4.69, 9.17) is 10.2 Å². The van der Waals surface area contributed by atoms with Crippen LogP contribution >= 0.6 is 0 Å². The zero-order chi connectivity index (χ0) is 15.5. The minimum Gasteiger partial charge on any atom is -0.477 e. The monoisotopic (exact) mass is 307 g/mol. The lowest BCUT2D eigenvalue weighted by Gasteiger charge is -2.10. The van der Waals surface area contributed by atoms with Crippen LogP contribution in [0.1, 0.15) is 16.1 Å². The first kappa shape index (κ1) is 14.9. The molecule has 0 saturated heterocycles. The lowest BCUT2D eigenvalue weighted by molar-refractivity contribution is 0.0690. The summed E-state index contributed by atoms with van der Waals surface area (Å²) in [4.78, 5) is 14.5. The molecule has 0 aliphatic carbocycles. The number of carboxylic acids is 1. The van der Waals surface area contributed by atoms with Gasteiger partial charge in [-0.05, 0) is 23.8 Å². The second-order valence-electron chi connectivity index (χ2n) is 4.25. The van der Waals surface area contributed by atoms with Crippen LogP contribution in [0.3, 0.4) is 0 Å². The van der Waals surface area contributed by atoms with Gasteiger partial charge in [0.15, 0.2) is 0 Å². The number of carbonyl (C=O) groups is 1. The summed E-state index contributed by atoms with van der Waals surface area (Å²) in [5.74, 6) is -1.10. The molecule has 0 spiro atoms. The van der Waals surface area contributed by atoms with Crippen molar-refractivity contribution >= 4 is 21.7 Å². The highest BCUT2D eigenvalue weighted by atomic mass is 32.2. The maximum atomic E-state index is 11.4.